The van der Waals surface area contributed by atoms with Gasteiger partial charge in [0.1, 0.15) is 18.3 Å². The minimum absolute atomic E-state index is 0.0146. The maximum Gasteiger partial charge on any atom is 0.226 e. The average Bonchev–Trinajstić information content (AvgIpc) is 2.93. The van der Waals surface area contributed by atoms with Gasteiger partial charge in [0.25, 0.3) is 0 Å². The zero-order valence-corrected chi connectivity index (χ0v) is 15.5. The van der Waals surface area contributed by atoms with Crippen LogP contribution in [0.4, 0.5) is 0 Å². The van der Waals surface area contributed by atoms with Gasteiger partial charge in [-0.2, -0.15) is 0 Å². The van der Waals surface area contributed by atoms with Gasteiger partial charge in [0.05, 0.1) is 13.0 Å². The number of nitrogens with zero attached hydrogens (tertiary/aromatic N) is 3. The van der Waals surface area contributed by atoms with Crippen molar-refractivity contribution in [3.8, 4) is 11.5 Å². The number of para-hydroxylation sites is 1. The second kappa shape index (κ2) is 7.96. The van der Waals surface area contributed by atoms with Crippen LogP contribution < -0.4 is 20.1 Å². The van der Waals surface area contributed by atoms with E-state index < -0.39 is 0 Å². The van der Waals surface area contributed by atoms with Gasteiger partial charge in [0.2, 0.25) is 5.91 Å². The summed E-state index contributed by atoms with van der Waals surface area (Å²) in [7, 11) is 1.62. The van der Waals surface area contributed by atoms with E-state index in [0.29, 0.717) is 31.7 Å². The minimum atomic E-state index is -0.190. The van der Waals surface area contributed by atoms with Gasteiger partial charge in [-0.15, -0.1) is 10.2 Å². The molecule has 2 aromatic rings. The quantitative estimate of drug-likeness (QED) is 0.788. The van der Waals surface area contributed by atoms with E-state index in [4.69, 9.17) is 9.47 Å². The van der Waals surface area contributed by atoms with E-state index in [1.807, 2.05) is 18.2 Å². The molecule has 27 heavy (non-hydrogen) atoms. The molecule has 0 spiro atoms. The molecule has 144 valence electrons. The van der Waals surface area contributed by atoms with E-state index >= 15 is 0 Å². The van der Waals surface area contributed by atoms with Crippen LogP contribution in [0.25, 0.3) is 0 Å². The van der Waals surface area contributed by atoms with Crippen LogP contribution in [0.15, 0.2) is 18.2 Å². The van der Waals surface area contributed by atoms with E-state index in [-0.39, 0.29) is 11.8 Å². The van der Waals surface area contributed by atoms with Crippen LogP contribution >= 0.6 is 0 Å². The highest BCUT2D eigenvalue weighted by Crippen LogP contribution is 2.35. The molecule has 8 nitrogen and oxygen atoms in total. The first kappa shape index (κ1) is 17.8. The van der Waals surface area contributed by atoms with Gasteiger partial charge in [0, 0.05) is 39.0 Å². The predicted molar refractivity (Wildman–Crippen MR) is 99.0 cm³/mol. The number of aromatic nitrogens is 3. The first-order valence-electron chi connectivity index (χ1n) is 9.44. The topological polar surface area (TPSA) is 90.3 Å². The molecule has 2 aliphatic heterocycles. The number of ether oxygens (including phenoxy) is 2. The number of hydrogen-bond acceptors (Lipinski definition) is 6. The lowest BCUT2D eigenvalue weighted by Crippen LogP contribution is -2.38. The number of methoxy groups -OCH3 is 1. The monoisotopic (exact) mass is 371 g/mol. The van der Waals surface area contributed by atoms with Gasteiger partial charge in [-0.05, 0) is 18.1 Å². The molecule has 4 rings (SSSR count). The molecule has 1 unspecified atom stereocenters. The molecular weight excluding hydrogens is 346 g/mol. The van der Waals surface area contributed by atoms with Gasteiger partial charge < -0.3 is 24.7 Å². The Morgan fingerprint density at radius 2 is 2.33 bits per heavy atom. The van der Waals surface area contributed by atoms with Crippen LogP contribution in [0.5, 0.6) is 11.5 Å². The highest BCUT2D eigenvalue weighted by Gasteiger charge is 2.27. The van der Waals surface area contributed by atoms with Crippen LogP contribution in [0, 0.1) is 5.92 Å². The molecule has 1 aromatic carbocycles. The third-order valence-electron chi connectivity index (χ3n) is 5.14. The largest absolute Gasteiger partial charge is 0.493 e. The molecule has 1 aromatic heterocycles. The maximum absolute atomic E-state index is 12.6. The van der Waals surface area contributed by atoms with Crippen LogP contribution in [0.3, 0.4) is 0 Å². The summed E-state index contributed by atoms with van der Waals surface area (Å²) in [6, 6.07) is 5.78. The summed E-state index contributed by atoms with van der Waals surface area (Å²) >= 11 is 0. The van der Waals surface area contributed by atoms with E-state index in [9.17, 15) is 4.79 Å². The van der Waals surface area contributed by atoms with E-state index in [2.05, 4.69) is 25.4 Å². The molecule has 0 fully saturated rings. The summed E-state index contributed by atoms with van der Waals surface area (Å²) in [4.78, 5) is 12.6. The lowest BCUT2D eigenvalue weighted by Gasteiger charge is -2.25. The summed E-state index contributed by atoms with van der Waals surface area (Å²) < 4.78 is 13.3. The Morgan fingerprint density at radius 1 is 1.41 bits per heavy atom. The summed E-state index contributed by atoms with van der Waals surface area (Å²) in [6.45, 7) is 3.65. The zero-order valence-electron chi connectivity index (χ0n) is 15.5. The highest BCUT2D eigenvalue weighted by atomic mass is 16.5. The van der Waals surface area contributed by atoms with Gasteiger partial charge in [-0.25, -0.2) is 0 Å². The van der Waals surface area contributed by atoms with E-state index in [1.54, 1.807) is 7.11 Å². The molecule has 1 amide bonds. The van der Waals surface area contributed by atoms with E-state index in [1.165, 1.54) is 0 Å². The Kier molecular flexibility index (Phi) is 5.24. The summed E-state index contributed by atoms with van der Waals surface area (Å²) in [5.41, 5.74) is 1.01. The molecule has 0 saturated carbocycles. The number of amides is 1. The SMILES string of the molecule is COc1cccc2c1OCC(C(=O)NCCc1nnc3n1CCNCC3)C2. The van der Waals surface area contributed by atoms with Crippen LogP contribution in [0.2, 0.25) is 0 Å². The number of benzene rings is 1. The fourth-order valence-corrected chi connectivity index (χ4v) is 3.68. The second-order valence-corrected chi connectivity index (χ2v) is 6.89. The average molecular weight is 371 g/mol. The molecule has 0 saturated heterocycles. The summed E-state index contributed by atoms with van der Waals surface area (Å²) in [5.74, 6) is 3.25. The van der Waals surface area contributed by atoms with Crippen molar-refractivity contribution in [3.63, 3.8) is 0 Å². The number of carbonyl (C=O) groups is 1. The Labute approximate surface area is 158 Å². The second-order valence-electron chi connectivity index (χ2n) is 6.89. The number of fused-ring (bicyclic) bond motifs is 2. The Bertz CT molecular complexity index is 820. The molecule has 3 heterocycles. The maximum atomic E-state index is 12.6. The number of nitrogens with one attached hydrogen (secondary N) is 2. The molecule has 2 aliphatic rings. The fraction of sp³-hybridized carbons (Fsp3) is 0.526. The lowest BCUT2D eigenvalue weighted by atomic mass is 9.95. The Balaban J connectivity index is 1.32. The van der Waals surface area contributed by atoms with Gasteiger partial charge in [0.15, 0.2) is 11.5 Å². The van der Waals surface area contributed by atoms with Gasteiger partial charge in [-0.1, -0.05) is 12.1 Å². The standard InChI is InChI=1S/C19H25N5O3/c1-26-15-4-2-3-13-11-14(12-27-18(13)15)19(25)21-8-6-17-23-22-16-5-7-20-9-10-24(16)17/h2-4,14,20H,5-12H2,1H3,(H,21,25). The smallest absolute Gasteiger partial charge is 0.226 e. The third-order valence-corrected chi connectivity index (χ3v) is 5.14. The Hall–Kier alpha value is -2.61. The van der Waals surface area contributed by atoms with Crippen molar-refractivity contribution in [2.75, 3.05) is 33.4 Å². The third kappa shape index (κ3) is 3.75. The van der Waals surface area contributed by atoms with Gasteiger partial charge in [-0.3, -0.25) is 4.79 Å². The molecule has 2 N–H and O–H groups in total. The first-order chi connectivity index (χ1) is 13.3. The van der Waals surface area contributed by atoms with Crippen LogP contribution in [-0.2, 0) is 30.6 Å². The molecule has 8 heteroatoms. The van der Waals surface area contributed by atoms with Crippen molar-refractivity contribution in [2.45, 2.75) is 25.8 Å². The number of carbonyl (C=O) groups excluding carboxylic acids is 1. The van der Waals surface area contributed by atoms with Gasteiger partial charge >= 0.3 is 0 Å². The number of hydrogen-bond donors (Lipinski definition) is 2. The summed E-state index contributed by atoms with van der Waals surface area (Å²) in [5, 5.41) is 15.0. The normalized spacial score (nSPS) is 18.6. The molecule has 0 radical (unpaired) electrons. The molecule has 1 atom stereocenters. The van der Waals surface area contributed by atoms with Crippen molar-refractivity contribution >= 4 is 5.91 Å². The first-order valence-corrected chi connectivity index (χ1v) is 9.44. The minimum Gasteiger partial charge on any atom is -0.493 e. The molecule has 0 aliphatic carbocycles. The van der Waals surface area contributed by atoms with Crippen molar-refractivity contribution in [3.05, 3.63) is 35.4 Å². The molecule has 0 bridgehead atoms. The lowest BCUT2D eigenvalue weighted by molar-refractivity contribution is -0.126. The Morgan fingerprint density at radius 3 is 3.22 bits per heavy atom. The number of rotatable bonds is 5. The van der Waals surface area contributed by atoms with Crippen molar-refractivity contribution < 1.29 is 14.3 Å². The molecular formula is C19H25N5O3. The van der Waals surface area contributed by atoms with Crippen molar-refractivity contribution in [1.29, 1.82) is 0 Å². The van der Waals surface area contributed by atoms with Crippen molar-refractivity contribution in [2.24, 2.45) is 5.92 Å². The van der Waals surface area contributed by atoms with Crippen LogP contribution in [-0.4, -0.2) is 54.0 Å². The zero-order chi connectivity index (χ0) is 18.6. The predicted octanol–water partition coefficient (Wildman–Crippen LogP) is 0.342. The van der Waals surface area contributed by atoms with E-state index in [0.717, 1.165) is 49.0 Å². The highest BCUT2D eigenvalue weighted by molar-refractivity contribution is 5.79. The summed E-state index contributed by atoms with van der Waals surface area (Å²) in [6.07, 6.45) is 2.22. The van der Waals surface area contributed by atoms with Crippen molar-refractivity contribution in [1.82, 2.24) is 25.4 Å². The van der Waals surface area contributed by atoms with Crippen LogP contribution in [0.1, 0.15) is 17.2 Å². The fourth-order valence-electron chi connectivity index (χ4n) is 3.68.